The van der Waals surface area contributed by atoms with Crippen LogP contribution < -0.4 is 10.6 Å². The van der Waals surface area contributed by atoms with Gasteiger partial charge in [0.2, 0.25) is 0 Å². The van der Waals surface area contributed by atoms with Crippen LogP contribution in [0.5, 0.6) is 0 Å². The molecule has 1 aliphatic rings. The van der Waals surface area contributed by atoms with E-state index in [1.54, 1.807) is 5.38 Å². The number of hydrogen-bond donors (Lipinski definition) is 2. The highest BCUT2D eigenvalue weighted by Gasteiger charge is 2.26. The van der Waals surface area contributed by atoms with Gasteiger partial charge in [-0.1, -0.05) is 0 Å². The molecule has 114 valence electrons. The maximum absolute atomic E-state index is 11.7. The fourth-order valence-corrected chi connectivity index (χ4v) is 2.20. The SMILES string of the molecule is Cc1nc(CC(=O)O[C@@H](C)C(=O)NC(=O)NC2CC2)cs1. The Morgan fingerprint density at radius 1 is 1.48 bits per heavy atom. The summed E-state index contributed by atoms with van der Waals surface area (Å²) < 4.78 is 4.98. The van der Waals surface area contributed by atoms with Gasteiger partial charge in [0.25, 0.3) is 5.91 Å². The summed E-state index contributed by atoms with van der Waals surface area (Å²) >= 11 is 1.44. The van der Waals surface area contributed by atoms with E-state index >= 15 is 0 Å². The average Bonchev–Trinajstić information content (AvgIpc) is 3.10. The van der Waals surface area contributed by atoms with E-state index in [1.807, 2.05) is 6.92 Å². The Labute approximate surface area is 126 Å². The van der Waals surface area contributed by atoms with E-state index in [-0.39, 0.29) is 12.5 Å². The molecule has 0 bridgehead atoms. The number of thiazole rings is 1. The van der Waals surface area contributed by atoms with Crippen molar-refractivity contribution >= 4 is 29.2 Å². The highest BCUT2D eigenvalue weighted by molar-refractivity contribution is 7.09. The lowest BCUT2D eigenvalue weighted by Gasteiger charge is -2.12. The topological polar surface area (TPSA) is 97.4 Å². The van der Waals surface area contributed by atoms with Gasteiger partial charge in [-0.2, -0.15) is 0 Å². The van der Waals surface area contributed by atoms with Crippen LogP contribution in [-0.2, 0) is 20.7 Å². The van der Waals surface area contributed by atoms with Crippen LogP contribution in [0.3, 0.4) is 0 Å². The van der Waals surface area contributed by atoms with Gasteiger partial charge >= 0.3 is 12.0 Å². The maximum atomic E-state index is 11.7. The van der Waals surface area contributed by atoms with E-state index in [9.17, 15) is 14.4 Å². The fourth-order valence-electron chi connectivity index (χ4n) is 1.59. The number of imide groups is 1. The molecule has 0 radical (unpaired) electrons. The second kappa shape index (κ2) is 6.66. The molecule has 1 aromatic rings. The van der Waals surface area contributed by atoms with Gasteiger partial charge in [-0.25, -0.2) is 9.78 Å². The zero-order valence-corrected chi connectivity index (χ0v) is 12.7. The van der Waals surface area contributed by atoms with Crippen molar-refractivity contribution in [2.75, 3.05) is 0 Å². The number of hydrogen-bond acceptors (Lipinski definition) is 6. The first-order valence-corrected chi connectivity index (χ1v) is 7.54. The lowest BCUT2D eigenvalue weighted by atomic mass is 10.3. The van der Waals surface area contributed by atoms with Crippen molar-refractivity contribution in [2.24, 2.45) is 0 Å². The molecule has 0 spiro atoms. The van der Waals surface area contributed by atoms with Crippen LogP contribution in [0.25, 0.3) is 0 Å². The molecule has 3 amide bonds. The largest absolute Gasteiger partial charge is 0.452 e. The van der Waals surface area contributed by atoms with Crippen molar-refractivity contribution in [2.45, 2.75) is 45.3 Å². The van der Waals surface area contributed by atoms with Gasteiger partial charge in [-0.3, -0.25) is 14.9 Å². The molecule has 0 aliphatic heterocycles. The van der Waals surface area contributed by atoms with Gasteiger partial charge in [0.05, 0.1) is 17.1 Å². The summed E-state index contributed by atoms with van der Waals surface area (Å²) in [5, 5.41) is 7.39. The molecule has 1 aromatic heterocycles. The maximum Gasteiger partial charge on any atom is 0.321 e. The summed E-state index contributed by atoms with van der Waals surface area (Å²) in [6.45, 7) is 3.26. The summed E-state index contributed by atoms with van der Waals surface area (Å²) in [6.07, 6.45) is 0.844. The summed E-state index contributed by atoms with van der Waals surface area (Å²) in [7, 11) is 0. The van der Waals surface area contributed by atoms with Gasteiger partial charge in [0.15, 0.2) is 6.10 Å². The minimum Gasteiger partial charge on any atom is -0.452 e. The van der Waals surface area contributed by atoms with Crippen molar-refractivity contribution in [3.8, 4) is 0 Å². The summed E-state index contributed by atoms with van der Waals surface area (Å²) in [5.41, 5.74) is 0.613. The second-order valence-corrected chi connectivity index (χ2v) is 5.97. The van der Waals surface area contributed by atoms with E-state index in [0.29, 0.717) is 5.69 Å². The van der Waals surface area contributed by atoms with Gasteiger partial charge in [0.1, 0.15) is 0 Å². The number of esters is 1. The van der Waals surface area contributed by atoms with E-state index in [2.05, 4.69) is 15.6 Å². The van der Waals surface area contributed by atoms with Crippen molar-refractivity contribution < 1.29 is 19.1 Å². The third kappa shape index (κ3) is 5.14. The van der Waals surface area contributed by atoms with Gasteiger partial charge in [-0.05, 0) is 26.7 Å². The number of carbonyl (C=O) groups excluding carboxylic acids is 3. The third-order valence-electron chi connectivity index (χ3n) is 2.82. The molecule has 1 fully saturated rings. The van der Waals surface area contributed by atoms with Crippen LogP contribution in [0, 0.1) is 6.92 Å². The fraction of sp³-hybridized carbons (Fsp3) is 0.538. The Morgan fingerprint density at radius 3 is 2.76 bits per heavy atom. The van der Waals surface area contributed by atoms with Crippen LogP contribution in [0.4, 0.5) is 4.79 Å². The van der Waals surface area contributed by atoms with Crippen molar-refractivity contribution in [3.05, 3.63) is 16.1 Å². The molecular formula is C13H17N3O4S. The molecule has 0 aromatic carbocycles. The molecule has 1 saturated carbocycles. The number of aromatic nitrogens is 1. The number of ether oxygens (including phenoxy) is 1. The molecule has 1 heterocycles. The quantitative estimate of drug-likeness (QED) is 0.788. The molecule has 8 heteroatoms. The number of rotatable bonds is 5. The zero-order valence-electron chi connectivity index (χ0n) is 11.8. The molecule has 21 heavy (non-hydrogen) atoms. The number of nitrogens with one attached hydrogen (secondary N) is 2. The Morgan fingerprint density at radius 2 is 2.19 bits per heavy atom. The van der Waals surface area contributed by atoms with Crippen molar-refractivity contribution in [1.82, 2.24) is 15.6 Å². The van der Waals surface area contributed by atoms with Crippen LogP contribution in [0.15, 0.2) is 5.38 Å². The molecule has 0 unspecified atom stereocenters. The third-order valence-corrected chi connectivity index (χ3v) is 3.64. The standard InChI is InChI=1S/C13H17N3O4S/c1-7(12(18)16-13(19)15-9-3-4-9)20-11(17)5-10-6-21-8(2)14-10/h6-7,9H,3-5H2,1-2H3,(H2,15,16,18,19)/t7-/m0/s1. The first-order chi connectivity index (χ1) is 9.94. The molecule has 2 N–H and O–H groups in total. The Hall–Kier alpha value is -1.96. The molecular weight excluding hydrogens is 294 g/mol. The molecule has 7 nitrogen and oxygen atoms in total. The molecule has 2 rings (SSSR count). The van der Waals surface area contributed by atoms with E-state index in [4.69, 9.17) is 4.74 Å². The normalized spacial score (nSPS) is 15.1. The predicted molar refractivity (Wildman–Crippen MR) is 75.8 cm³/mol. The van der Waals surface area contributed by atoms with Crippen LogP contribution in [0.2, 0.25) is 0 Å². The molecule has 0 saturated heterocycles. The second-order valence-electron chi connectivity index (χ2n) is 4.90. The monoisotopic (exact) mass is 311 g/mol. The van der Waals surface area contributed by atoms with Crippen LogP contribution >= 0.6 is 11.3 Å². The highest BCUT2D eigenvalue weighted by atomic mass is 32.1. The lowest BCUT2D eigenvalue weighted by Crippen LogP contribution is -2.45. The average molecular weight is 311 g/mol. The Kier molecular flexibility index (Phi) is 4.89. The zero-order chi connectivity index (χ0) is 15.4. The number of amides is 3. The van der Waals surface area contributed by atoms with E-state index in [1.165, 1.54) is 18.3 Å². The molecule has 1 aliphatic carbocycles. The van der Waals surface area contributed by atoms with Gasteiger partial charge < -0.3 is 10.1 Å². The minimum absolute atomic E-state index is 0.0101. The Balaban J connectivity index is 1.73. The lowest BCUT2D eigenvalue weighted by molar-refractivity contribution is -0.153. The van der Waals surface area contributed by atoms with E-state index < -0.39 is 24.0 Å². The Bertz CT molecular complexity index is 553. The first kappa shape index (κ1) is 15.4. The summed E-state index contributed by atoms with van der Waals surface area (Å²) in [5.74, 6) is -1.19. The van der Waals surface area contributed by atoms with E-state index in [0.717, 1.165) is 17.8 Å². The summed E-state index contributed by atoms with van der Waals surface area (Å²) in [6, 6.07) is -0.399. The number of urea groups is 1. The van der Waals surface area contributed by atoms with Gasteiger partial charge in [-0.15, -0.1) is 11.3 Å². The van der Waals surface area contributed by atoms with Crippen molar-refractivity contribution in [3.63, 3.8) is 0 Å². The minimum atomic E-state index is -1.03. The first-order valence-electron chi connectivity index (χ1n) is 6.66. The number of carbonyl (C=O) groups is 3. The highest BCUT2D eigenvalue weighted by Crippen LogP contribution is 2.18. The number of aryl methyl sites for hydroxylation is 1. The van der Waals surface area contributed by atoms with Gasteiger partial charge in [0, 0.05) is 11.4 Å². The van der Waals surface area contributed by atoms with Crippen molar-refractivity contribution in [1.29, 1.82) is 0 Å². The summed E-state index contributed by atoms with van der Waals surface area (Å²) in [4.78, 5) is 38.9. The predicted octanol–water partition coefficient (Wildman–Crippen LogP) is 0.914. The molecule has 1 atom stereocenters. The van der Waals surface area contributed by atoms with Crippen LogP contribution in [-0.4, -0.2) is 35.0 Å². The van der Waals surface area contributed by atoms with Crippen LogP contribution in [0.1, 0.15) is 30.5 Å². The number of nitrogens with zero attached hydrogens (tertiary/aromatic N) is 1. The smallest absolute Gasteiger partial charge is 0.321 e.